The average Bonchev–Trinajstić information content (AvgIpc) is 3.17. The van der Waals surface area contributed by atoms with Crippen molar-refractivity contribution >= 4 is 11.6 Å². The molecule has 0 amide bonds. The third kappa shape index (κ3) is 3.14. The zero-order valence-electron chi connectivity index (χ0n) is 25.0. The van der Waals surface area contributed by atoms with E-state index in [1.54, 1.807) is 0 Å². The molecule has 36 heavy (non-hydrogen) atoms. The summed E-state index contributed by atoms with van der Waals surface area (Å²) >= 11 is 0. The summed E-state index contributed by atoms with van der Waals surface area (Å²) < 4.78 is 0. The number of fused-ring (bicyclic) bond motifs is 7. The van der Waals surface area contributed by atoms with Crippen molar-refractivity contribution in [2.75, 3.05) is 0 Å². The summed E-state index contributed by atoms with van der Waals surface area (Å²) in [7, 11) is 0. The number of hydrogen-bond donors (Lipinski definition) is 0. The molecule has 0 N–H and O–H groups in total. The molecule has 5 saturated carbocycles. The van der Waals surface area contributed by atoms with Crippen LogP contribution in [0.15, 0.2) is 12.2 Å². The molecule has 5 aliphatic rings. The van der Waals surface area contributed by atoms with Gasteiger partial charge in [0.2, 0.25) is 0 Å². The highest BCUT2D eigenvalue weighted by atomic mass is 16.1. The highest BCUT2D eigenvalue weighted by Gasteiger charge is 2.72. The fourth-order valence-corrected chi connectivity index (χ4v) is 12.1. The van der Waals surface area contributed by atoms with Gasteiger partial charge in [0.1, 0.15) is 11.6 Å². The van der Waals surface area contributed by atoms with Gasteiger partial charge in [-0.3, -0.25) is 9.59 Å². The molecule has 2 nitrogen and oxygen atoms in total. The minimum absolute atomic E-state index is 0.157. The molecule has 0 radical (unpaired) electrons. The Hall–Kier alpha value is -0.920. The van der Waals surface area contributed by atoms with Gasteiger partial charge in [-0.25, -0.2) is 0 Å². The lowest BCUT2D eigenvalue weighted by molar-refractivity contribution is -0.233. The fourth-order valence-electron chi connectivity index (χ4n) is 12.1. The SMILES string of the molecule is C=C(C)C1CCC2(C(=O)C(C)(C)C)CC[C@]3(C)[C@H](CC[C@@H]4[C@@]5(C)CCC(=O)C(C)(C)[C@@H]5CC[C@]43C)C12. The van der Waals surface area contributed by atoms with E-state index < -0.39 is 0 Å². The van der Waals surface area contributed by atoms with Gasteiger partial charge in [0.05, 0.1) is 0 Å². The van der Waals surface area contributed by atoms with E-state index in [0.29, 0.717) is 41.2 Å². The minimum atomic E-state index is -0.289. The Morgan fingerprint density at radius 3 is 2.11 bits per heavy atom. The Labute approximate surface area is 221 Å². The summed E-state index contributed by atoms with van der Waals surface area (Å²) in [6.07, 6.45) is 11.2. The second-order valence-corrected chi connectivity index (χ2v) is 16.6. The third-order valence-corrected chi connectivity index (χ3v) is 13.9. The first-order valence-corrected chi connectivity index (χ1v) is 15.2. The Kier molecular flexibility index (Phi) is 5.79. The van der Waals surface area contributed by atoms with Crippen LogP contribution < -0.4 is 0 Å². The minimum Gasteiger partial charge on any atom is -0.299 e. The zero-order valence-corrected chi connectivity index (χ0v) is 25.0. The van der Waals surface area contributed by atoms with Gasteiger partial charge in [0.25, 0.3) is 0 Å². The van der Waals surface area contributed by atoms with Crippen molar-refractivity contribution in [2.45, 2.75) is 127 Å². The summed E-state index contributed by atoms with van der Waals surface area (Å²) in [6.45, 7) is 25.5. The smallest absolute Gasteiger partial charge is 0.144 e. The predicted molar refractivity (Wildman–Crippen MR) is 148 cm³/mol. The predicted octanol–water partition coefficient (Wildman–Crippen LogP) is 8.83. The lowest BCUT2D eigenvalue weighted by Gasteiger charge is -2.72. The van der Waals surface area contributed by atoms with Crippen LogP contribution in [0.25, 0.3) is 0 Å². The largest absolute Gasteiger partial charge is 0.299 e. The van der Waals surface area contributed by atoms with Gasteiger partial charge >= 0.3 is 0 Å². The van der Waals surface area contributed by atoms with Crippen molar-refractivity contribution in [2.24, 2.45) is 62.1 Å². The maximum absolute atomic E-state index is 14.2. The number of carbonyl (C=O) groups excluding carboxylic acids is 2. The quantitative estimate of drug-likeness (QED) is 0.359. The Balaban J connectivity index is 1.58. The van der Waals surface area contributed by atoms with E-state index in [1.807, 2.05) is 0 Å². The molecule has 5 aliphatic carbocycles. The van der Waals surface area contributed by atoms with E-state index in [-0.39, 0.29) is 32.5 Å². The van der Waals surface area contributed by atoms with E-state index in [0.717, 1.165) is 32.1 Å². The van der Waals surface area contributed by atoms with Gasteiger partial charge in [-0.15, -0.1) is 0 Å². The van der Waals surface area contributed by atoms with Crippen LogP contribution in [0.5, 0.6) is 0 Å². The summed E-state index contributed by atoms with van der Waals surface area (Å²) in [5.41, 5.74) is 1.44. The van der Waals surface area contributed by atoms with E-state index in [2.05, 4.69) is 68.9 Å². The topological polar surface area (TPSA) is 34.1 Å². The van der Waals surface area contributed by atoms with Crippen molar-refractivity contribution in [3.8, 4) is 0 Å². The van der Waals surface area contributed by atoms with Gasteiger partial charge in [0, 0.05) is 22.7 Å². The number of carbonyl (C=O) groups is 2. The molecule has 3 unspecified atom stereocenters. The first kappa shape index (κ1) is 26.7. The molecule has 0 aromatic heterocycles. The molecule has 5 fully saturated rings. The van der Waals surface area contributed by atoms with Crippen molar-refractivity contribution in [1.29, 1.82) is 0 Å². The van der Waals surface area contributed by atoms with Crippen LogP contribution in [-0.2, 0) is 9.59 Å². The van der Waals surface area contributed by atoms with Crippen LogP contribution in [0, 0.1) is 62.1 Å². The van der Waals surface area contributed by atoms with E-state index in [4.69, 9.17) is 0 Å². The molecule has 0 aromatic rings. The molecule has 0 aliphatic heterocycles. The van der Waals surface area contributed by atoms with Gasteiger partial charge in [-0.2, -0.15) is 0 Å². The van der Waals surface area contributed by atoms with Crippen molar-refractivity contribution in [3.63, 3.8) is 0 Å². The van der Waals surface area contributed by atoms with Crippen LogP contribution in [0.1, 0.15) is 127 Å². The molecule has 9 atom stereocenters. The van der Waals surface area contributed by atoms with Crippen LogP contribution in [0.3, 0.4) is 0 Å². The second kappa shape index (κ2) is 7.81. The molecule has 0 spiro atoms. The van der Waals surface area contributed by atoms with Crippen molar-refractivity contribution in [1.82, 2.24) is 0 Å². The third-order valence-electron chi connectivity index (χ3n) is 13.9. The molecule has 0 saturated heterocycles. The van der Waals surface area contributed by atoms with Crippen molar-refractivity contribution in [3.05, 3.63) is 12.2 Å². The van der Waals surface area contributed by atoms with Crippen LogP contribution in [-0.4, -0.2) is 11.6 Å². The number of Topliss-reactive ketones (excluding diaryl/α,β-unsaturated/α-hetero) is 2. The Morgan fingerprint density at radius 1 is 0.833 bits per heavy atom. The maximum atomic E-state index is 14.2. The summed E-state index contributed by atoms with van der Waals surface area (Å²) in [5, 5.41) is 0. The van der Waals surface area contributed by atoms with Crippen molar-refractivity contribution < 1.29 is 9.59 Å². The highest BCUT2D eigenvalue weighted by Crippen LogP contribution is 2.77. The Morgan fingerprint density at radius 2 is 1.50 bits per heavy atom. The zero-order chi connectivity index (χ0) is 26.7. The molecule has 5 rings (SSSR count). The number of ketones is 2. The van der Waals surface area contributed by atoms with E-state index >= 15 is 0 Å². The van der Waals surface area contributed by atoms with E-state index in [1.165, 1.54) is 37.7 Å². The molecule has 0 aromatic carbocycles. The van der Waals surface area contributed by atoms with Crippen LogP contribution >= 0.6 is 0 Å². The number of allylic oxidation sites excluding steroid dienone is 1. The van der Waals surface area contributed by atoms with Gasteiger partial charge < -0.3 is 0 Å². The fraction of sp³-hybridized carbons (Fsp3) is 0.882. The van der Waals surface area contributed by atoms with Crippen LogP contribution in [0.4, 0.5) is 0 Å². The number of hydrogen-bond acceptors (Lipinski definition) is 2. The second-order valence-electron chi connectivity index (χ2n) is 16.6. The normalized spacial score (nSPS) is 49.9. The molecular formula is C34H54O2. The summed E-state index contributed by atoms with van der Waals surface area (Å²) in [6, 6.07) is 0. The first-order chi connectivity index (χ1) is 16.5. The summed E-state index contributed by atoms with van der Waals surface area (Å²) in [5.74, 6) is 3.74. The van der Waals surface area contributed by atoms with Crippen LogP contribution in [0.2, 0.25) is 0 Å². The lowest BCUT2D eigenvalue weighted by atomic mass is 9.32. The maximum Gasteiger partial charge on any atom is 0.144 e. The average molecular weight is 495 g/mol. The Bertz CT molecular complexity index is 982. The highest BCUT2D eigenvalue weighted by molar-refractivity contribution is 5.90. The van der Waals surface area contributed by atoms with Gasteiger partial charge in [-0.05, 0) is 111 Å². The molecule has 0 heterocycles. The van der Waals surface area contributed by atoms with Gasteiger partial charge in [-0.1, -0.05) is 67.5 Å². The molecule has 0 bridgehead atoms. The standard InChI is InChI=1S/C34H54O2/c1-21(2)22-13-18-34(28(36)29(3,4)5)20-19-32(9)23(27(22)34)11-12-25-31(8)16-15-26(35)30(6,7)24(31)14-17-33(25,32)10/h22-25,27H,1,11-20H2,2-10H3/t22?,23-,24+,25-,27?,31+,32-,33-,34?/m1/s1. The molecule has 202 valence electrons. The molecular weight excluding hydrogens is 440 g/mol. The monoisotopic (exact) mass is 494 g/mol. The van der Waals surface area contributed by atoms with Gasteiger partial charge in [0.15, 0.2) is 0 Å². The lowest BCUT2D eigenvalue weighted by Crippen LogP contribution is -2.67. The first-order valence-electron chi connectivity index (χ1n) is 15.2. The summed E-state index contributed by atoms with van der Waals surface area (Å²) in [4.78, 5) is 27.2. The molecule has 2 heteroatoms. The van der Waals surface area contributed by atoms with E-state index in [9.17, 15) is 9.59 Å². The number of rotatable bonds is 2.